The zero-order valence-corrected chi connectivity index (χ0v) is 12.6. The van der Waals surface area contributed by atoms with E-state index >= 15 is 0 Å². The first-order valence-corrected chi connectivity index (χ1v) is 7.71. The van der Waals surface area contributed by atoms with Gasteiger partial charge in [-0.3, -0.25) is 0 Å². The summed E-state index contributed by atoms with van der Waals surface area (Å²) < 4.78 is 5.41. The van der Waals surface area contributed by atoms with Crippen LogP contribution < -0.4 is 5.73 Å². The van der Waals surface area contributed by atoms with Crippen molar-refractivity contribution in [2.45, 2.75) is 17.6 Å². The van der Waals surface area contributed by atoms with Crippen LogP contribution in [0, 0.1) is 6.92 Å². The van der Waals surface area contributed by atoms with Crippen molar-refractivity contribution in [1.29, 1.82) is 0 Å². The van der Waals surface area contributed by atoms with Crippen molar-refractivity contribution in [1.82, 2.24) is 5.16 Å². The fourth-order valence-corrected chi connectivity index (χ4v) is 3.01. The van der Waals surface area contributed by atoms with E-state index < -0.39 is 0 Å². The summed E-state index contributed by atoms with van der Waals surface area (Å²) in [6.45, 7) is 2.04. The van der Waals surface area contributed by atoms with Gasteiger partial charge in [-0.15, -0.1) is 11.8 Å². The van der Waals surface area contributed by atoms with Gasteiger partial charge in [0.2, 0.25) is 0 Å². The average molecular weight is 296 g/mol. The van der Waals surface area contributed by atoms with E-state index in [9.17, 15) is 0 Å². The predicted molar refractivity (Wildman–Crippen MR) is 87.1 cm³/mol. The average Bonchev–Trinajstić information content (AvgIpc) is 2.99. The molecule has 3 rings (SSSR count). The highest BCUT2D eigenvalue weighted by Crippen LogP contribution is 2.29. The van der Waals surface area contributed by atoms with Crippen LogP contribution in [0.1, 0.15) is 11.3 Å². The summed E-state index contributed by atoms with van der Waals surface area (Å²) in [5, 5.41) is 4.13. The molecule has 0 aliphatic rings. The zero-order valence-electron chi connectivity index (χ0n) is 11.7. The smallest absolute Gasteiger partial charge is 0.167 e. The molecule has 21 heavy (non-hydrogen) atoms. The molecule has 1 aromatic heterocycles. The normalized spacial score (nSPS) is 10.7. The van der Waals surface area contributed by atoms with E-state index in [1.165, 1.54) is 4.90 Å². The van der Waals surface area contributed by atoms with Crippen LogP contribution in [0.4, 0.5) is 5.69 Å². The SMILES string of the molecule is Cc1c(N)cccc1SCc1cc(-c2ccccc2)on1. The Morgan fingerprint density at radius 2 is 1.90 bits per heavy atom. The second-order valence-corrected chi connectivity index (χ2v) is 5.82. The van der Waals surface area contributed by atoms with Gasteiger partial charge in [-0.1, -0.05) is 41.6 Å². The number of nitrogens with zero attached hydrogens (tertiary/aromatic N) is 1. The number of nitrogen functional groups attached to an aromatic ring is 1. The third-order valence-corrected chi connectivity index (χ3v) is 4.51. The molecule has 3 nitrogen and oxygen atoms in total. The molecule has 0 fully saturated rings. The summed E-state index contributed by atoms with van der Waals surface area (Å²) in [5.74, 6) is 1.57. The molecule has 0 aliphatic heterocycles. The van der Waals surface area contributed by atoms with Gasteiger partial charge in [-0.2, -0.15) is 0 Å². The molecule has 0 amide bonds. The molecule has 0 aliphatic carbocycles. The summed E-state index contributed by atoms with van der Waals surface area (Å²) >= 11 is 1.72. The van der Waals surface area contributed by atoms with Crippen molar-refractivity contribution >= 4 is 17.4 Å². The Morgan fingerprint density at radius 3 is 2.71 bits per heavy atom. The van der Waals surface area contributed by atoms with E-state index in [0.717, 1.165) is 34.0 Å². The molecule has 0 atom stereocenters. The van der Waals surface area contributed by atoms with Crippen LogP contribution in [0.5, 0.6) is 0 Å². The van der Waals surface area contributed by atoms with Crippen molar-refractivity contribution in [3.05, 3.63) is 65.9 Å². The molecule has 3 aromatic rings. The van der Waals surface area contributed by atoms with E-state index in [0.29, 0.717) is 0 Å². The second kappa shape index (κ2) is 6.06. The number of aromatic nitrogens is 1. The van der Waals surface area contributed by atoms with Crippen LogP contribution in [0.15, 0.2) is 64.0 Å². The summed E-state index contributed by atoms with van der Waals surface area (Å²) in [5.41, 5.74) is 9.84. The van der Waals surface area contributed by atoms with Crippen LogP contribution in [0.25, 0.3) is 11.3 Å². The van der Waals surface area contributed by atoms with Gasteiger partial charge in [0.1, 0.15) is 0 Å². The minimum absolute atomic E-state index is 0.765. The highest BCUT2D eigenvalue weighted by Gasteiger charge is 2.08. The Kier molecular flexibility index (Phi) is 3.97. The van der Waals surface area contributed by atoms with Crippen LogP contribution in [0.2, 0.25) is 0 Å². The number of thioether (sulfide) groups is 1. The van der Waals surface area contributed by atoms with E-state index in [2.05, 4.69) is 11.2 Å². The van der Waals surface area contributed by atoms with Crippen molar-refractivity contribution in [3.63, 3.8) is 0 Å². The Balaban J connectivity index is 1.72. The number of benzene rings is 2. The van der Waals surface area contributed by atoms with Crippen molar-refractivity contribution in [2.75, 3.05) is 5.73 Å². The van der Waals surface area contributed by atoms with Crippen molar-refractivity contribution in [3.8, 4) is 11.3 Å². The Bertz CT molecular complexity index is 738. The summed E-state index contributed by atoms with van der Waals surface area (Å²) in [7, 11) is 0. The van der Waals surface area contributed by atoms with Gasteiger partial charge in [0, 0.05) is 28.0 Å². The maximum Gasteiger partial charge on any atom is 0.167 e. The lowest BCUT2D eigenvalue weighted by atomic mass is 10.2. The highest BCUT2D eigenvalue weighted by atomic mass is 32.2. The molecule has 1 heterocycles. The summed E-state index contributed by atoms with van der Waals surface area (Å²) in [4.78, 5) is 1.18. The van der Waals surface area contributed by atoms with E-state index in [4.69, 9.17) is 10.3 Å². The highest BCUT2D eigenvalue weighted by molar-refractivity contribution is 7.98. The third-order valence-electron chi connectivity index (χ3n) is 3.32. The zero-order chi connectivity index (χ0) is 14.7. The largest absolute Gasteiger partial charge is 0.398 e. The molecule has 4 heteroatoms. The van der Waals surface area contributed by atoms with Gasteiger partial charge in [-0.05, 0) is 24.6 Å². The number of hydrogen-bond donors (Lipinski definition) is 1. The van der Waals surface area contributed by atoms with Gasteiger partial charge >= 0.3 is 0 Å². The number of hydrogen-bond acceptors (Lipinski definition) is 4. The van der Waals surface area contributed by atoms with E-state index in [1.54, 1.807) is 11.8 Å². The molecule has 0 unspecified atom stereocenters. The number of rotatable bonds is 4. The van der Waals surface area contributed by atoms with Crippen molar-refractivity contribution < 1.29 is 4.52 Å². The topological polar surface area (TPSA) is 52.0 Å². The standard InChI is InChI=1S/C17H16N2OS/c1-12-15(18)8-5-9-17(12)21-11-14-10-16(20-19-14)13-6-3-2-4-7-13/h2-10H,11,18H2,1H3. The third kappa shape index (κ3) is 3.11. The van der Waals surface area contributed by atoms with Gasteiger partial charge in [0.25, 0.3) is 0 Å². The first-order chi connectivity index (χ1) is 10.2. The molecule has 106 valence electrons. The number of anilines is 1. The van der Waals surface area contributed by atoms with Gasteiger partial charge in [-0.25, -0.2) is 0 Å². The molecule has 2 aromatic carbocycles. The molecular weight excluding hydrogens is 280 g/mol. The number of nitrogens with two attached hydrogens (primary N) is 1. The summed E-state index contributed by atoms with van der Waals surface area (Å²) in [6, 6.07) is 18.0. The summed E-state index contributed by atoms with van der Waals surface area (Å²) in [6.07, 6.45) is 0. The maximum absolute atomic E-state index is 5.92. The molecule has 0 bridgehead atoms. The Morgan fingerprint density at radius 1 is 1.10 bits per heavy atom. The Hall–Kier alpha value is -2.20. The second-order valence-electron chi connectivity index (χ2n) is 4.81. The molecule has 0 saturated heterocycles. The molecule has 0 saturated carbocycles. The van der Waals surface area contributed by atoms with Gasteiger partial charge in [0.05, 0.1) is 5.69 Å². The molecule has 0 spiro atoms. The monoisotopic (exact) mass is 296 g/mol. The maximum atomic E-state index is 5.92. The fourth-order valence-electron chi connectivity index (χ4n) is 2.06. The first-order valence-electron chi connectivity index (χ1n) is 6.73. The lowest BCUT2D eigenvalue weighted by molar-refractivity contribution is 0.426. The van der Waals surface area contributed by atoms with Crippen LogP contribution >= 0.6 is 11.8 Å². The lowest BCUT2D eigenvalue weighted by Crippen LogP contribution is -1.91. The fraction of sp³-hybridized carbons (Fsp3) is 0.118. The van der Waals surface area contributed by atoms with E-state index in [-0.39, 0.29) is 0 Å². The molecule has 2 N–H and O–H groups in total. The van der Waals surface area contributed by atoms with E-state index in [1.807, 2.05) is 55.5 Å². The quantitative estimate of drug-likeness (QED) is 0.568. The lowest BCUT2D eigenvalue weighted by Gasteiger charge is -2.06. The molecular formula is C17H16N2OS. The van der Waals surface area contributed by atoms with Crippen LogP contribution in [-0.2, 0) is 5.75 Å². The van der Waals surface area contributed by atoms with Crippen LogP contribution in [-0.4, -0.2) is 5.16 Å². The van der Waals surface area contributed by atoms with Gasteiger partial charge in [0.15, 0.2) is 5.76 Å². The predicted octanol–water partition coefficient (Wildman–Crippen LogP) is 4.52. The Labute approximate surface area is 128 Å². The van der Waals surface area contributed by atoms with Crippen LogP contribution in [0.3, 0.4) is 0 Å². The van der Waals surface area contributed by atoms with Gasteiger partial charge < -0.3 is 10.3 Å². The molecule has 0 radical (unpaired) electrons. The minimum Gasteiger partial charge on any atom is -0.398 e. The van der Waals surface area contributed by atoms with Crippen molar-refractivity contribution in [2.24, 2.45) is 0 Å². The first kappa shape index (κ1) is 13.8. The minimum atomic E-state index is 0.765.